The Morgan fingerprint density at radius 2 is 2.14 bits per heavy atom. The maximum absolute atomic E-state index is 12.6. The van der Waals surface area contributed by atoms with E-state index in [9.17, 15) is 18.0 Å². The van der Waals surface area contributed by atoms with Crippen molar-refractivity contribution in [3.05, 3.63) is 52.3 Å². The van der Waals surface area contributed by atoms with Crippen LogP contribution in [0.4, 0.5) is 13.2 Å². The molecule has 22 heavy (non-hydrogen) atoms. The smallest absolute Gasteiger partial charge is 0.352 e. The van der Waals surface area contributed by atoms with Crippen LogP contribution in [0.25, 0.3) is 0 Å². The van der Waals surface area contributed by atoms with Gasteiger partial charge in [0.05, 0.1) is 16.2 Å². The standard InChI is InChI=1S/C14H13BrF3N3O/c15-12-8-20-21(9-12)5-4-13(22)19-7-10-2-1-3-11(6-10)14(16,17)18/h1-3,6,8-9H,4-5,7H2,(H,19,22). The highest BCUT2D eigenvalue weighted by molar-refractivity contribution is 9.10. The molecule has 0 atom stereocenters. The highest BCUT2D eigenvalue weighted by Gasteiger charge is 2.30. The molecule has 0 aliphatic heterocycles. The van der Waals surface area contributed by atoms with Crippen molar-refractivity contribution in [2.24, 2.45) is 0 Å². The van der Waals surface area contributed by atoms with Gasteiger partial charge in [-0.2, -0.15) is 18.3 Å². The van der Waals surface area contributed by atoms with Crippen molar-refractivity contribution >= 4 is 21.8 Å². The third-order valence-corrected chi connectivity index (χ3v) is 3.32. The number of aryl methyl sites for hydroxylation is 1. The van der Waals surface area contributed by atoms with Gasteiger partial charge in [0.15, 0.2) is 0 Å². The number of carbonyl (C=O) groups excluding carboxylic acids is 1. The molecule has 0 fully saturated rings. The fraction of sp³-hybridized carbons (Fsp3) is 0.286. The molecule has 118 valence electrons. The number of benzene rings is 1. The molecule has 1 aromatic carbocycles. The second-order valence-corrected chi connectivity index (χ2v) is 5.56. The van der Waals surface area contributed by atoms with Gasteiger partial charge in [-0.25, -0.2) is 0 Å². The first-order chi connectivity index (χ1) is 10.3. The first-order valence-corrected chi connectivity index (χ1v) is 7.25. The molecule has 2 rings (SSSR count). The number of nitrogens with zero attached hydrogens (tertiary/aromatic N) is 2. The first-order valence-electron chi connectivity index (χ1n) is 6.45. The van der Waals surface area contributed by atoms with Crippen molar-refractivity contribution in [2.45, 2.75) is 25.7 Å². The second-order valence-electron chi connectivity index (χ2n) is 4.65. The van der Waals surface area contributed by atoms with E-state index in [-0.39, 0.29) is 18.9 Å². The Morgan fingerprint density at radius 3 is 2.77 bits per heavy atom. The maximum Gasteiger partial charge on any atom is 0.416 e. The normalized spacial score (nSPS) is 11.5. The predicted molar refractivity (Wildman–Crippen MR) is 77.8 cm³/mol. The van der Waals surface area contributed by atoms with Crippen molar-refractivity contribution in [3.63, 3.8) is 0 Å². The van der Waals surface area contributed by atoms with Crippen LogP contribution in [-0.2, 0) is 24.1 Å². The number of aromatic nitrogens is 2. The van der Waals surface area contributed by atoms with E-state index in [1.165, 1.54) is 6.07 Å². The van der Waals surface area contributed by atoms with Crippen LogP contribution in [0, 0.1) is 0 Å². The number of amides is 1. The zero-order chi connectivity index (χ0) is 16.2. The van der Waals surface area contributed by atoms with E-state index in [4.69, 9.17) is 0 Å². The predicted octanol–water partition coefficient (Wildman–Crippen LogP) is 3.37. The van der Waals surface area contributed by atoms with Gasteiger partial charge in [0.2, 0.25) is 5.91 Å². The quantitative estimate of drug-likeness (QED) is 0.870. The van der Waals surface area contributed by atoms with E-state index in [1.54, 1.807) is 23.1 Å². The Kier molecular flexibility index (Phi) is 5.23. The summed E-state index contributed by atoms with van der Waals surface area (Å²) in [6, 6.07) is 4.90. The van der Waals surface area contributed by atoms with Crippen molar-refractivity contribution < 1.29 is 18.0 Å². The molecule has 2 aromatic rings. The first kappa shape index (κ1) is 16.5. The third kappa shape index (κ3) is 4.87. The maximum atomic E-state index is 12.6. The zero-order valence-corrected chi connectivity index (χ0v) is 13.0. The van der Waals surface area contributed by atoms with Gasteiger partial charge in [-0.1, -0.05) is 12.1 Å². The summed E-state index contributed by atoms with van der Waals surface area (Å²) in [4.78, 5) is 11.7. The van der Waals surface area contributed by atoms with Crippen LogP contribution in [0.1, 0.15) is 17.5 Å². The number of hydrogen-bond donors (Lipinski definition) is 1. The van der Waals surface area contributed by atoms with Gasteiger partial charge in [-0.3, -0.25) is 9.48 Å². The summed E-state index contributed by atoms with van der Waals surface area (Å²) in [6.07, 6.45) is -0.832. The topological polar surface area (TPSA) is 46.9 Å². The van der Waals surface area contributed by atoms with E-state index < -0.39 is 11.7 Å². The van der Waals surface area contributed by atoms with Gasteiger partial charge < -0.3 is 5.32 Å². The number of hydrogen-bond acceptors (Lipinski definition) is 2. The highest BCUT2D eigenvalue weighted by atomic mass is 79.9. The monoisotopic (exact) mass is 375 g/mol. The number of nitrogens with one attached hydrogen (secondary N) is 1. The van der Waals surface area contributed by atoms with Crippen LogP contribution in [0.2, 0.25) is 0 Å². The minimum absolute atomic E-state index is 0.0611. The Hall–Kier alpha value is -1.83. The molecule has 1 heterocycles. The van der Waals surface area contributed by atoms with Crippen LogP contribution < -0.4 is 5.32 Å². The lowest BCUT2D eigenvalue weighted by Gasteiger charge is -2.09. The van der Waals surface area contributed by atoms with Crippen LogP contribution in [0.15, 0.2) is 41.1 Å². The summed E-state index contributed by atoms with van der Waals surface area (Å²) in [5, 5.41) is 6.60. The van der Waals surface area contributed by atoms with Crippen molar-refractivity contribution in [2.75, 3.05) is 0 Å². The number of alkyl halides is 3. The van der Waals surface area contributed by atoms with Gasteiger partial charge in [0, 0.05) is 25.7 Å². The minimum Gasteiger partial charge on any atom is -0.352 e. The molecule has 0 aliphatic rings. The molecule has 0 aliphatic carbocycles. The van der Waals surface area contributed by atoms with Gasteiger partial charge >= 0.3 is 6.18 Å². The minimum atomic E-state index is -4.38. The fourth-order valence-corrected chi connectivity index (χ4v) is 2.15. The summed E-state index contributed by atoms with van der Waals surface area (Å²) < 4.78 is 40.2. The summed E-state index contributed by atoms with van der Waals surface area (Å²) in [5.74, 6) is -0.246. The van der Waals surface area contributed by atoms with Gasteiger partial charge in [0.1, 0.15) is 0 Å². The average Bonchev–Trinajstić information content (AvgIpc) is 2.88. The molecule has 0 saturated heterocycles. The van der Waals surface area contributed by atoms with Crippen molar-refractivity contribution in [1.29, 1.82) is 0 Å². The van der Waals surface area contributed by atoms with Crippen molar-refractivity contribution in [1.82, 2.24) is 15.1 Å². The summed E-state index contributed by atoms with van der Waals surface area (Å²) >= 11 is 3.25. The SMILES string of the molecule is O=C(CCn1cc(Br)cn1)NCc1cccc(C(F)(F)F)c1. The fourth-order valence-electron chi connectivity index (χ4n) is 1.82. The second kappa shape index (κ2) is 6.95. The Balaban J connectivity index is 1.83. The number of halogens is 4. The van der Waals surface area contributed by atoms with Gasteiger partial charge in [0.25, 0.3) is 0 Å². The Morgan fingerprint density at radius 1 is 1.36 bits per heavy atom. The molecular formula is C14H13BrF3N3O. The van der Waals surface area contributed by atoms with Crippen LogP contribution in [0.5, 0.6) is 0 Å². The van der Waals surface area contributed by atoms with Crippen LogP contribution in [0.3, 0.4) is 0 Å². The van der Waals surface area contributed by atoms with E-state index in [0.29, 0.717) is 12.1 Å². The lowest BCUT2D eigenvalue weighted by atomic mass is 10.1. The molecule has 8 heteroatoms. The largest absolute Gasteiger partial charge is 0.416 e. The van der Waals surface area contributed by atoms with Crippen LogP contribution >= 0.6 is 15.9 Å². The van der Waals surface area contributed by atoms with Gasteiger partial charge in [-0.15, -0.1) is 0 Å². The molecule has 0 unspecified atom stereocenters. The average molecular weight is 376 g/mol. The Bertz CT molecular complexity index is 655. The summed E-state index contributed by atoms with van der Waals surface area (Å²) in [7, 11) is 0. The molecule has 1 amide bonds. The highest BCUT2D eigenvalue weighted by Crippen LogP contribution is 2.29. The molecule has 1 N–H and O–H groups in total. The number of carbonyl (C=O) groups is 1. The van der Waals surface area contributed by atoms with Crippen molar-refractivity contribution in [3.8, 4) is 0 Å². The van der Waals surface area contributed by atoms with E-state index in [0.717, 1.165) is 16.6 Å². The molecule has 4 nitrogen and oxygen atoms in total. The molecule has 0 spiro atoms. The number of rotatable bonds is 5. The molecule has 0 saturated carbocycles. The molecule has 0 radical (unpaired) electrons. The van der Waals surface area contributed by atoms with E-state index >= 15 is 0 Å². The third-order valence-electron chi connectivity index (χ3n) is 2.91. The Labute approximate surface area is 133 Å². The summed E-state index contributed by atoms with van der Waals surface area (Å²) in [5.41, 5.74) is -0.314. The van der Waals surface area contributed by atoms with E-state index in [2.05, 4.69) is 26.3 Å². The van der Waals surface area contributed by atoms with E-state index in [1.807, 2.05) is 0 Å². The van der Waals surface area contributed by atoms with Crippen LogP contribution in [-0.4, -0.2) is 15.7 Å². The zero-order valence-electron chi connectivity index (χ0n) is 11.4. The molecular weight excluding hydrogens is 363 g/mol. The van der Waals surface area contributed by atoms with Gasteiger partial charge in [-0.05, 0) is 33.6 Å². The molecule has 1 aromatic heterocycles. The lowest BCUT2D eigenvalue weighted by Crippen LogP contribution is -2.24. The molecule has 0 bridgehead atoms. The lowest BCUT2D eigenvalue weighted by molar-refractivity contribution is -0.137. The summed E-state index contributed by atoms with van der Waals surface area (Å²) in [6.45, 7) is 0.464.